The Hall–Kier alpha value is -2.93. The lowest BCUT2D eigenvalue weighted by atomic mass is 9.97. The number of rotatable bonds is 7. The first kappa shape index (κ1) is 25.2. The van der Waals surface area contributed by atoms with E-state index in [2.05, 4.69) is 16.4 Å². The van der Waals surface area contributed by atoms with Crippen LogP contribution in [0.2, 0.25) is 5.02 Å². The maximum absolute atomic E-state index is 14.1. The fraction of sp³-hybridized carbons (Fsp3) is 0.280. The van der Waals surface area contributed by atoms with Crippen LogP contribution in [0.3, 0.4) is 0 Å². The molecule has 4 rings (SSSR count). The molecular weight excluding hydrogens is 507 g/mol. The number of benzene rings is 2. The van der Waals surface area contributed by atoms with Gasteiger partial charge in [-0.1, -0.05) is 29.8 Å². The lowest BCUT2D eigenvalue weighted by Gasteiger charge is -2.31. The Labute approximate surface area is 216 Å². The molecule has 35 heavy (non-hydrogen) atoms. The molecule has 1 aliphatic rings. The number of carbonyl (C=O) groups excluding carboxylic acids is 2. The van der Waals surface area contributed by atoms with Gasteiger partial charge in [0.1, 0.15) is 11.5 Å². The number of carbonyl (C=O) groups is 2. The molecule has 6 nitrogen and oxygen atoms in total. The second-order valence-electron chi connectivity index (χ2n) is 7.94. The maximum Gasteiger partial charge on any atom is 0.275 e. The van der Waals surface area contributed by atoms with Gasteiger partial charge in [-0.3, -0.25) is 9.59 Å². The lowest BCUT2D eigenvalue weighted by molar-refractivity contribution is 0.0708. The highest BCUT2D eigenvalue weighted by Crippen LogP contribution is 2.33. The van der Waals surface area contributed by atoms with Gasteiger partial charge in [0.25, 0.3) is 11.8 Å². The molecule has 3 aromatic rings. The Kier molecular flexibility index (Phi) is 8.39. The molecule has 0 saturated carbocycles. The van der Waals surface area contributed by atoms with E-state index in [9.17, 15) is 14.0 Å². The van der Waals surface area contributed by atoms with Gasteiger partial charge in [0.05, 0.1) is 27.4 Å². The third-order valence-corrected chi connectivity index (χ3v) is 8.07. The minimum atomic E-state index is -0.620. The quantitative estimate of drug-likeness (QED) is 0.291. The number of nitriles is 1. The monoisotopic (exact) mass is 528 g/mol. The summed E-state index contributed by atoms with van der Waals surface area (Å²) >= 11 is 9.00. The predicted molar refractivity (Wildman–Crippen MR) is 137 cm³/mol. The molecule has 0 radical (unpaired) electrons. The average Bonchev–Trinajstić information content (AvgIpc) is 3.36. The summed E-state index contributed by atoms with van der Waals surface area (Å²) in [5, 5.41) is 14.4. The van der Waals surface area contributed by atoms with Crippen molar-refractivity contribution in [1.82, 2.24) is 9.88 Å². The average molecular weight is 529 g/mol. The van der Waals surface area contributed by atoms with E-state index in [1.165, 1.54) is 41.3 Å². The van der Waals surface area contributed by atoms with Crippen molar-refractivity contribution in [2.24, 2.45) is 0 Å². The fourth-order valence-corrected chi connectivity index (χ4v) is 5.94. The van der Waals surface area contributed by atoms with Gasteiger partial charge in [0, 0.05) is 41.5 Å². The molecule has 2 amide bonds. The summed E-state index contributed by atoms with van der Waals surface area (Å²) in [4.78, 5) is 32.7. The van der Waals surface area contributed by atoms with Crippen molar-refractivity contribution in [3.8, 4) is 6.07 Å². The van der Waals surface area contributed by atoms with Gasteiger partial charge < -0.3 is 10.2 Å². The summed E-state index contributed by atoms with van der Waals surface area (Å²) in [6.07, 6.45) is 1.77. The summed E-state index contributed by atoms with van der Waals surface area (Å²) in [6.45, 7) is 0.922. The van der Waals surface area contributed by atoms with Crippen molar-refractivity contribution < 1.29 is 14.0 Å². The molecule has 10 heteroatoms. The Bertz CT molecular complexity index is 1250. The van der Waals surface area contributed by atoms with E-state index in [0.717, 1.165) is 9.90 Å². The molecule has 0 unspecified atom stereocenters. The van der Waals surface area contributed by atoms with Crippen LogP contribution in [0.4, 0.5) is 10.1 Å². The molecule has 180 valence electrons. The Morgan fingerprint density at radius 3 is 2.74 bits per heavy atom. The van der Waals surface area contributed by atoms with Crippen LogP contribution in [0.5, 0.6) is 0 Å². The van der Waals surface area contributed by atoms with E-state index in [0.29, 0.717) is 49.5 Å². The number of likely N-dealkylation sites (tertiary alicyclic amines) is 1. The maximum atomic E-state index is 14.1. The number of anilines is 1. The number of piperidine rings is 1. The van der Waals surface area contributed by atoms with Gasteiger partial charge in [-0.15, -0.1) is 23.1 Å². The summed E-state index contributed by atoms with van der Waals surface area (Å²) < 4.78 is 14.1. The van der Waals surface area contributed by atoms with Crippen molar-refractivity contribution in [2.45, 2.75) is 30.1 Å². The second kappa shape index (κ2) is 11.7. The van der Waals surface area contributed by atoms with Crippen molar-refractivity contribution >= 4 is 52.2 Å². The standard InChI is InChI=1S/C25H22ClFN4O2S2/c26-17-5-3-6-18(27)22(17)25(33)31-12-9-16(10-13-31)24-30-20(15-35-24)23(32)29-19-7-1-2-8-21(19)34-14-4-11-28/h1-3,5-8,15-16H,4,9-10,12-14H2,(H,29,32). The molecule has 1 aliphatic heterocycles. The van der Waals surface area contributed by atoms with E-state index < -0.39 is 11.7 Å². The van der Waals surface area contributed by atoms with Gasteiger partial charge in [-0.05, 0) is 37.1 Å². The van der Waals surface area contributed by atoms with Crippen LogP contribution in [-0.2, 0) is 0 Å². The largest absolute Gasteiger partial charge is 0.338 e. The molecule has 1 fully saturated rings. The molecule has 0 atom stereocenters. The summed E-state index contributed by atoms with van der Waals surface area (Å²) in [7, 11) is 0. The molecule has 0 aliphatic carbocycles. The number of aromatic nitrogens is 1. The van der Waals surface area contributed by atoms with Gasteiger partial charge in [-0.2, -0.15) is 5.26 Å². The topological polar surface area (TPSA) is 86.1 Å². The Morgan fingerprint density at radius 2 is 2.00 bits per heavy atom. The van der Waals surface area contributed by atoms with E-state index in [1.807, 2.05) is 24.3 Å². The first-order chi connectivity index (χ1) is 17.0. The van der Waals surface area contributed by atoms with Gasteiger partial charge in [-0.25, -0.2) is 9.37 Å². The normalized spacial score (nSPS) is 13.9. The number of hydrogen-bond acceptors (Lipinski definition) is 6. The molecule has 2 aromatic carbocycles. The third-order valence-electron chi connectivity index (χ3n) is 5.67. The molecule has 2 heterocycles. The Morgan fingerprint density at radius 1 is 1.23 bits per heavy atom. The first-order valence-corrected chi connectivity index (χ1v) is 13.3. The van der Waals surface area contributed by atoms with Gasteiger partial charge >= 0.3 is 0 Å². The minimum absolute atomic E-state index is 0.0908. The number of para-hydroxylation sites is 1. The SMILES string of the molecule is N#CCCSc1ccccc1NC(=O)c1csc(C2CCN(C(=O)c3c(F)cccc3Cl)CC2)n1. The van der Waals surface area contributed by atoms with E-state index in [-0.39, 0.29) is 22.4 Å². The highest BCUT2D eigenvalue weighted by atomic mass is 35.5. The lowest BCUT2D eigenvalue weighted by Crippen LogP contribution is -2.38. The number of halogens is 2. The fourth-order valence-electron chi connectivity index (χ4n) is 3.86. The minimum Gasteiger partial charge on any atom is -0.338 e. The molecule has 1 aromatic heterocycles. The molecule has 0 bridgehead atoms. The van der Waals surface area contributed by atoms with Crippen LogP contribution in [-0.4, -0.2) is 40.5 Å². The zero-order valence-electron chi connectivity index (χ0n) is 18.7. The zero-order chi connectivity index (χ0) is 24.8. The molecule has 1 N–H and O–H groups in total. The van der Waals surface area contributed by atoms with Crippen LogP contribution in [0.25, 0.3) is 0 Å². The predicted octanol–water partition coefficient (Wildman–Crippen LogP) is 6.21. The smallest absolute Gasteiger partial charge is 0.275 e. The van der Waals surface area contributed by atoms with E-state index in [1.54, 1.807) is 10.3 Å². The van der Waals surface area contributed by atoms with Gasteiger partial charge in [0.2, 0.25) is 0 Å². The highest BCUT2D eigenvalue weighted by Gasteiger charge is 2.29. The van der Waals surface area contributed by atoms with E-state index >= 15 is 0 Å². The van der Waals surface area contributed by atoms with E-state index in [4.69, 9.17) is 16.9 Å². The summed E-state index contributed by atoms with van der Waals surface area (Å²) in [5.74, 6) is -0.547. The van der Waals surface area contributed by atoms with Crippen molar-refractivity contribution in [1.29, 1.82) is 5.26 Å². The van der Waals surface area contributed by atoms with Crippen molar-refractivity contribution in [3.05, 3.63) is 74.9 Å². The van der Waals surface area contributed by atoms with Crippen LogP contribution in [0, 0.1) is 17.1 Å². The number of thioether (sulfide) groups is 1. The van der Waals surface area contributed by atoms with Crippen LogP contribution in [0.1, 0.15) is 51.0 Å². The third kappa shape index (κ3) is 6.01. The van der Waals surface area contributed by atoms with Crippen molar-refractivity contribution in [2.75, 3.05) is 24.2 Å². The first-order valence-electron chi connectivity index (χ1n) is 11.1. The summed E-state index contributed by atoms with van der Waals surface area (Å²) in [6, 6.07) is 13.8. The molecular formula is C25H22ClFN4O2S2. The number of hydrogen-bond donors (Lipinski definition) is 1. The summed E-state index contributed by atoms with van der Waals surface area (Å²) in [5.41, 5.74) is 0.943. The number of nitrogens with zero attached hydrogens (tertiary/aromatic N) is 3. The zero-order valence-corrected chi connectivity index (χ0v) is 21.1. The van der Waals surface area contributed by atoms with Gasteiger partial charge in [0.15, 0.2) is 0 Å². The molecule has 0 spiro atoms. The number of amides is 2. The highest BCUT2D eigenvalue weighted by molar-refractivity contribution is 7.99. The van der Waals surface area contributed by atoms with Crippen molar-refractivity contribution in [3.63, 3.8) is 0 Å². The second-order valence-corrected chi connectivity index (χ2v) is 10.4. The Balaban J connectivity index is 1.36. The van der Waals surface area contributed by atoms with Crippen LogP contribution < -0.4 is 5.32 Å². The number of nitrogens with one attached hydrogen (secondary N) is 1. The molecule has 1 saturated heterocycles. The van der Waals surface area contributed by atoms with Crippen LogP contribution in [0.15, 0.2) is 52.7 Å². The number of thiazole rings is 1. The van der Waals surface area contributed by atoms with Crippen LogP contribution >= 0.6 is 34.7 Å².